The van der Waals surface area contributed by atoms with Gasteiger partial charge in [0, 0.05) is 31.9 Å². The smallest absolute Gasteiger partial charge is 0.138 e. The first kappa shape index (κ1) is 22.9. The third-order valence-corrected chi connectivity index (χ3v) is 8.15. The van der Waals surface area contributed by atoms with E-state index in [9.17, 15) is 0 Å². The Morgan fingerprint density at radius 2 is 1.82 bits per heavy atom. The Morgan fingerprint density at radius 3 is 2.55 bits per heavy atom. The Kier molecular flexibility index (Phi) is 6.51. The van der Waals surface area contributed by atoms with Crippen molar-refractivity contribution in [3.63, 3.8) is 0 Å². The van der Waals surface area contributed by atoms with Gasteiger partial charge in [0.25, 0.3) is 0 Å². The molecule has 3 aliphatic heterocycles. The molecule has 5 heterocycles. The van der Waals surface area contributed by atoms with E-state index in [4.69, 9.17) is 21.6 Å². The molecule has 0 N–H and O–H groups in total. The Labute approximate surface area is 202 Å². The summed E-state index contributed by atoms with van der Waals surface area (Å²) in [6, 6.07) is 7.74. The van der Waals surface area contributed by atoms with Gasteiger partial charge in [0.15, 0.2) is 0 Å². The van der Waals surface area contributed by atoms with Crippen LogP contribution in [0, 0.1) is 5.92 Å². The van der Waals surface area contributed by atoms with Crippen molar-refractivity contribution in [2.75, 3.05) is 45.7 Å². The molecule has 6 nitrogen and oxygen atoms in total. The SMILES string of the molecule is CC1C=C(Cl)C([C@@H]2CCC[C@H](c3cn4c(N5CCC(N(C)C)CC5)cccc4n3)N2C)=NC1. The molecule has 2 saturated heterocycles. The normalized spacial score (nSPS) is 27.8. The van der Waals surface area contributed by atoms with Crippen LogP contribution in [0.15, 0.2) is 40.5 Å². The number of rotatable bonds is 4. The predicted molar refractivity (Wildman–Crippen MR) is 138 cm³/mol. The van der Waals surface area contributed by atoms with Gasteiger partial charge < -0.3 is 9.80 Å². The first-order valence-corrected chi connectivity index (χ1v) is 12.8. The van der Waals surface area contributed by atoms with Crippen LogP contribution in [0.1, 0.15) is 50.8 Å². The number of nitrogens with zero attached hydrogens (tertiary/aromatic N) is 6. The van der Waals surface area contributed by atoms with Crippen molar-refractivity contribution in [2.45, 2.75) is 57.2 Å². The summed E-state index contributed by atoms with van der Waals surface area (Å²) in [4.78, 5) is 17.3. The van der Waals surface area contributed by atoms with Crippen molar-refractivity contribution in [1.29, 1.82) is 0 Å². The van der Waals surface area contributed by atoms with Crippen LogP contribution in [-0.4, -0.2) is 77.8 Å². The summed E-state index contributed by atoms with van der Waals surface area (Å²) in [6.07, 6.45) is 10.2. The first-order valence-electron chi connectivity index (χ1n) is 12.5. The van der Waals surface area contributed by atoms with Crippen molar-refractivity contribution >= 4 is 28.8 Å². The third-order valence-electron chi connectivity index (χ3n) is 7.83. The summed E-state index contributed by atoms with van der Waals surface area (Å²) < 4.78 is 2.30. The number of dihydropyridines is 1. The number of likely N-dealkylation sites (tertiary alicyclic amines) is 1. The fraction of sp³-hybridized carbons (Fsp3) is 0.615. The van der Waals surface area contributed by atoms with Gasteiger partial charge in [-0.2, -0.15) is 0 Å². The monoisotopic (exact) mass is 468 g/mol. The van der Waals surface area contributed by atoms with Gasteiger partial charge in [-0.1, -0.05) is 30.7 Å². The number of aromatic nitrogens is 2. The van der Waals surface area contributed by atoms with Crippen LogP contribution < -0.4 is 4.90 Å². The quantitative estimate of drug-likeness (QED) is 0.657. The fourth-order valence-electron chi connectivity index (χ4n) is 5.83. The van der Waals surface area contributed by atoms with Gasteiger partial charge in [-0.05, 0) is 71.3 Å². The maximum absolute atomic E-state index is 6.65. The largest absolute Gasteiger partial charge is 0.358 e. The molecule has 3 atom stereocenters. The first-order chi connectivity index (χ1) is 15.9. The van der Waals surface area contributed by atoms with Crippen LogP contribution in [0.25, 0.3) is 5.65 Å². The molecule has 3 aliphatic rings. The number of imidazole rings is 1. The van der Waals surface area contributed by atoms with E-state index in [0.717, 1.165) is 61.0 Å². The van der Waals surface area contributed by atoms with E-state index in [2.05, 4.69) is 77.6 Å². The number of hydrogen-bond acceptors (Lipinski definition) is 5. The van der Waals surface area contributed by atoms with E-state index in [1.54, 1.807) is 0 Å². The Bertz CT molecular complexity index is 1050. The molecule has 2 aromatic heterocycles. The van der Waals surface area contributed by atoms with Gasteiger partial charge >= 0.3 is 0 Å². The zero-order valence-corrected chi connectivity index (χ0v) is 21.2. The Hall–Kier alpha value is -1.89. The number of fused-ring (bicyclic) bond motifs is 1. The fourth-order valence-corrected chi connectivity index (χ4v) is 6.23. The maximum atomic E-state index is 6.65. The molecule has 2 fully saturated rings. The number of halogens is 1. The van der Waals surface area contributed by atoms with Crippen LogP contribution in [0.2, 0.25) is 0 Å². The Morgan fingerprint density at radius 1 is 1.06 bits per heavy atom. The molecule has 33 heavy (non-hydrogen) atoms. The molecule has 0 saturated carbocycles. The summed E-state index contributed by atoms with van der Waals surface area (Å²) in [6.45, 7) is 5.18. The molecule has 0 radical (unpaired) electrons. The lowest BCUT2D eigenvalue weighted by Crippen LogP contribution is -2.45. The molecule has 0 aromatic carbocycles. The number of aliphatic imine (C=N–C) groups is 1. The summed E-state index contributed by atoms with van der Waals surface area (Å²) in [5.74, 6) is 1.68. The van der Waals surface area contributed by atoms with Crippen LogP contribution in [0.4, 0.5) is 5.82 Å². The molecular weight excluding hydrogens is 432 g/mol. The van der Waals surface area contributed by atoms with Crippen molar-refractivity contribution in [1.82, 2.24) is 19.2 Å². The molecule has 178 valence electrons. The zero-order chi connectivity index (χ0) is 23.1. The van der Waals surface area contributed by atoms with Crippen molar-refractivity contribution in [2.24, 2.45) is 10.9 Å². The number of hydrogen-bond donors (Lipinski definition) is 0. The number of pyridine rings is 1. The second kappa shape index (κ2) is 9.40. The molecular formula is C26H37ClN6. The van der Waals surface area contributed by atoms with E-state index >= 15 is 0 Å². The predicted octanol–water partition coefficient (Wildman–Crippen LogP) is 4.60. The van der Waals surface area contributed by atoms with Crippen LogP contribution >= 0.6 is 11.6 Å². The van der Waals surface area contributed by atoms with Gasteiger partial charge in [-0.25, -0.2) is 4.98 Å². The van der Waals surface area contributed by atoms with Crippen LogP contribution in [-0.2, 0) is 0 Å². The highest BCUT2D eigenvalue weighted by atomic mass is 35.5. The van der Waals surface area contributed by atoms with E-state index in [-0.39, 0.29) is 12.1 Å². The summed E-state index contributed by atoms with van der Waals surface area (Å²) >= 11 is 6.65. The second-order valence-electron chi connectivity index (χ2n) is 10.3. The molecule has 0 bridgehead atoms. The molecule has 0 aliphatic carbocycles. The second-order valence-corrected chi connectivity index (χ2v) is 10.7. The van der Waals surface area contributed by atoms with Gasteiger partial charge in [0.05, 0.1) is 28.5 Å². The topological polar surface area (TPSA) is 39.4 Å². The van der Waals surface area contributed by atoms with E-state index in [1.807, 2.05) is 0 Å². The Balaban J connectivity index is 1.39. The molecule has 5 rings (SSSR count). The molecule has 0 spiro atoms. The number of anilines is 1. The lowest BCUT2D eigenvalue weighted by atomic mass is 9.90. The van der Waals surface area contributed by atoms with Gasteiger partial charge in [-0.3, -0.25) is 14.3 Å². The zero-order valence-electron chi connectivity index (χ0n) is 20.4. The molecule has 0 amide bonds. The van der Waals surface area contributed by atoms with Crippen LogP contribution in [0.3, 0.4) is 0 Å². The van der Waals surface area contributed by atoms with E-state index < -0.39 is 0 Å². The number of piperidine rings is 2. The van der Waals surface area contributed by atoms with Crippen molar-refractivity contribution in [3.8, 4) is 0 Å². The van der Waals surface area contributed by atoms with Gasteiger partial charge in [-0.15, -0.1) is 0 Å². The average molecular weight is 469 g/mol. The minimum atomic E-state index is 0.259. The molecule has 7 heteroatoms. The minimum Gasteiger partial charge on any atom is -0.358 e. The highest BCUT2D eigenvalue weighted by molar-refractivity contribution is 6.44. The molecule has 2 aromatic rings. The summed E-state index contributed by atoms with van der Waals surface area (Å²) in [5, 5.41) is 0.838. The highest BCUT2D eigenvalue weighted by Crippen LogP contribution is 2.36. The molecule has 1 unspecified atom stereocenters. The highest BCUT2D eigenvalue weighted by Gasteiger charge is 2.35. The maximum Gasteiger partial charge on any atom is 0.138 e. The summed E-state index contributed by atoms with van der Waals surface area (Å²) in [7, 11) is 6.61. The standard InChI is InChI=1S/C26H37ClN6/c1-18-15-20(27)26(28-16-18)23-8-5-7-22(31(23)4)21-17-33-24(29-21)9-6-10-25(33)32-13-11-19(12-14-32)30(2)3/h6,9-10,15,17-19,22-23H,5,7-8,11-14,16H2,1-4H3/t18?,22-,23+/m1/s1. The lowest BCUT2D eigenvalue weighted by Gasteiger charge is -2.40. The minimum absolute atomic E-state index is 0.259. The summed E-state index contributed by atoms with van der Waals surface area (Å²) in [5.41, 5.74) is 3.26. The third kappa shape index (κ3) is 4.45. The van der Waals surface area contributed by atoms with E-state index in [1.165, 1.54) is 18.7 Å². The van der Waals surface area contributed by atoms with E-state index in [0.29, 0.717) is 12.0 Å². The van der Waals surface area contributed by atoms with Crippen LogP contribution in [0.5, 0.6) is 0 Å². The lowest BCUT2D eigenvalue weighted by molar-refractivity contribution is 0.151. The van der Waals surface area contributed by atoms with Gasteiger partial charge in [0.1, 0.15) is 11.5 Å². The average Bonchev–Trinajstić information content (AvgIpc) is 3.24. The van der Waals surface area contributed by atoms with Crippen molar-refractivity contribution < 1.29 is 0 Å². The van der Waals surface area contributed by atoms with Gasteiger partial charge in [0.2, 0.25) is 0 Å². The van der Waals surface area contributed by atoms with Crippen molar-refractivity contribution in [3.05, 3.63) is 41.2 Å².